The first kappa shape index (κ1) is 13.4. The third-order valence-corrected chi connectivity index (χ3v) is 2.81. The molecule has 2 atom stereocenters. The van der Waals surface area contributed by atoms with Crippen LogP contribution in [0.5, 0.6) is 5.75 Å². The van der Waals surface area contributed by atoms with Gasteiger partial charge in [-0.3, -0.25) is 0 Å². The van der Waals surface area contributed by atoms with E-state index in [1.54, 1.807) is 0 Å². The topological polar surface area (TPSA) is 27.7 Å². The summed E-state index contributed by atoms with van der Waals surface area (Å²) in [7, 11) is 0. The zero-order valence-corrected chi connectivity index (χ0v) is 11.2. The van der Waals surface area contributed by atoms with Crippen LogP contribution < -0.4 is 4.74 Å². The van der Waals surface area contributed by atoms with E-state index in [1.165, 1.54) is 0 Å². The van der Waals surface area contributed by atoms with Crippen LogP contribution in [0.2, 0.25) is 0 Å². The molecule has 0 amide bonds. The number of benzene rings is 1. The molecule has 0 aliphatic carbocycles. The first-order valence-corrected chi connectivity index (χ1v) is 6.73. The Hall–Kier alpha value is -1.06. The van der Waals surface area contributed by atoms with E-state index in [1.807, 2.05) is 30.3 Å². The second-order valence-electron chi connectivity index (χ2n) is 5.08. The molecule has 0 radical (unpaired) electrons. The molecule has 18 heavy (non-hydrogen) atoms. The van der Waals surface area contributed by atoms with Gasteiger partial charge in [0.15, 0.2) is 6.29 Å². The predicted octanol–water partition coefficient (Wildman–Crippen LogP) is 3.59. The Kier molecular flexibility index (Phi) is 5.02. The largest absolute Gasteiger partial charge is 0.465 e. The third-order valence-electron chi connectivity index (χ3n) is 2.81. The minimum atomic E-state index is -0.182. The van der Waals surface area contributed by atoms with Crippen molar-refractivity contribution in [1.82, 2.24) is 0 Å². The van der Waals surface area contributed by atoms with Gasteiger partial charge in [-0.25, -0.2) is 0 Å². The molecule has 1 aliphatic rings. The van der Waals surface area contributed by atoms with E-state index in [4.69, 9.17) is 14.2 Å². The highest BCUT2D eigenvalue weighted by Crippen LogP contribution is 2.23. The summed E-state index contributed by atoms with van der Waals surface area (Å²) < 4.78 is 17.3. The van der Waals surface area contributed by atoms with Crippen molar-refractivity contribution in [2.75, 3.05) is 6.61 Å². The molecule has 0 bridgehead atoms. The van der Waals surface area contributed by atoms with Crippen molar-refractivity contribution in [3.8, 4) is 5.75 Å². The van der Waals surface area contributed by atoms with Crippen molar-refractivity contribution in [3.63, 3.8) is 0 Å². The van der Waals surface area contributed by atoms with Crippen LogP contribution in [0.25, 0.3) is 0 Å². The molecule has 2 unspecified atom stereocenters. The summed E-state index contributed by atoms with van der Waals surface area (Å²) in [6.07, 6.45) is 2.67. The molecule has 1 heterocycles. The van der Waals surface area contributed by atoms with Gasteiger partial charge in [0.2, 0.25) is 6.29 Å². The number of hydrogen-bond acceptors (Lipinski definition) is 3. The molecule has 1 aliphatic heterocycles. The van der Waals surface area contributed by atoms with Gasteiger partial charge in [0.1, 0.15) is 5.75 Å². The van der Waals surface area contributed by atoms with Crippen molar-refractivity contribution in [3.05, 3.63) is 30.3 Å². The SMILES string of the molecule is CC(C)COC1CCCC(Oc2ccccc2)O1. The lowest BCUT2D eigenvalue weighted by atomic mass is 10.2. The molecule has 1 fully saturated rings. The van der Waals surface area contributed by atoms with E-state index in [0.29, 0.717) is 5.92 Å². The molecule has 3 nitrogen and oxygen atoms in total. The first-order valence-electron chi connectivity index (χ1n) is 6.73. The minimum Gasteiger partial charge on any atom is -0.465 e. The molecule has 0 saturated carbocycles. The van der Waals surface area contributed by atoms with Gasteiger partial charge < -0.3 is 14.2 Å². The lowest BCUT2D eigenvalue weighted by Gasteiger charge is -2.30. The van der Waals surface area contributed by atoms with E-state index in [2.05, 4.69) is 13.8 Å². The molecule has 1 aromatic carbocycles. The van der Waals surface area contributed by atoms with Crippen LogP contribution in [0.3, 0.4) is 0 Å². The van der Waals surface area contributed by atoms with Crippen LogP contribution in [-0.4, -0.2) is 19.2 Å². The average Bonchev–Trinajstić information content (AvgIpc) is 2.38. The summed E-state index contributed by atoms with van der Waals surface area (Å²) in [5.41, 5.74) is 0. The van der Waals surface area contributed by atoms with Gasteiger partial charge in [0.05, 0.1) is 6.61 Å². The van der Waals surface area contributed by atoms with E-state index in [9.17, 15) is 0 Å². The number of ether oxygens (including phenoxy) is 3. The molecule has 2 rings (SSSR count). The van der Waals surface area contributed by atoms with Crippen LogP contribution in [0.15, 0.2) is 30.3 Å². The van der Waals surface area contributed by atoms with Crippen LogP contribution in [-0.2, 0) is 9.47 Å². The maximum atomic E-state index is 5.80. The number of rotatable bonds is 5. The van der Waals surface area contributed by atoms with E-state index < -0.39 is 0 Å². The molecular weight excluding hydrogens is 228 g/mol. The van der Waals surface area contributed by atoms with Gasteiger partial charge in [0.25, 0.3) is 0 Å². The van der Waals surface area contributed by atoms with Crippen molar-refractivity contribution in [2.24, 2.45) is 5.92 Å². The molecule has 0 aromatic heterocycles. The van der Waals surface area contributed by atoms with Gasteiger partial charge in [-0.1, -0.05) is 32.0 Å². The number of hydrogen-bond donors (Lipinski definition) is 0. The van der Waals surface area contributed by atoms with Crippen LogP contribution in [0, 0.1) is 5.92 Å². The summed E-state index contributed by atoms with van der Waals surface area (Å²) in [5, 5.41) is 0. The maximum absolute atomic E-state index is 5.80. The maximum Gasteiger partial charge on any atom is 0.202 e. The van der Waals surface area contributed by atoms with Gasteiger partial charge >= 0.3 is 0 Å². The normalized spacial score (nSPS) is 24.2. The van der Waals surface area contributed by atoms with Crippen molar-refractivity contribution in [1.29, 1.82) is 0 Å². The number of para-hydroxylation sites is 1. The van der Waals surface area contributed by atoms with E-state index in [0.717, 1.165) is 31.6 Å². The Morgan fingerprint density at radius 3 is 2.61 bits per heavy atom. The second kappa shape index (κ2) is 6.76. The van der Waals surface area contributed by atoms with Crippen molar-refractivity contribution >= 4 is 0 Å². The fraction of sp³-hybridized carbons (Fsp3) is 0.600. The molecule has 1 saturated heterocycles. The van der Waals surface area contributed by atoms with Crippen LogP contribution in [0.1, 0.15) is 33.1 Å². The Morgan fingerprint density at radius 2 is 1.89 bits per heavy atom. The molecule has 3 heteroatoms. The zero-order chi connectivity index (χ0) is 12.8. The summed E-state index contributed by atoms with van der Waals surface area (Å²) in [6, 6.07) is 9.79. The molecular formula is C15H22O3. The average molecular weight is 250 g/mol. The Bertz CT molecular complexity index is 337. The highest BCUT2D eigenvalue weighted by molar-refractivity contribution is 5.21. The quantitative estimate of drug-likeness (QED) is 0.799. The molecule has 100 valence electrons. The lowest BCUT2D eigenvalue weighted by molar-refractivity contribution is -0.244. The minimum absolute atomic E-state index is 0.116. The zero-order valence-electron chi connectivity index (χ0n) is 11.2. The highest BCUT2D eigenvalue weighted by atomic mass is 16.8. The Balaban J connectivity index is 1.79. The lowest BCUT2D eigenvalue weighted by Crippen LogP contribution is -2.34. The predicted molar refractivity (Wildman–Crippen MR) is 70.4 cm³/mol. The summed E-state index contributed by atoms with van der Waals surface area (Å²) in [6.45, 7) is 5.02. The van der Waals surface area contributed by atoms with Gasteiger partial charge in [-0.2, -0.15) is 0 Å². The smallest absolute Gasteiger partial charge is 0.202 e. The first-order chi connectivity index (χ1) is 8.74. The summed E-state index contributed by atoms with van der Waals surface area (Å²) >= 11 is 0. The monoisotopic (exact) mass is 250 g/mol. The van der Waals surface area contributed by atoms with Crippen LogP contribution in [0.4, 0.5) is 0 Å². The van der Waals surface area contributed by atoms with Crippen molar-refractivity contribution < 1.29 is 14.2 Å². The standard InChI is InChI=1S/C15H22O3/c1-12(2)11-16-14-9-6-10-15(18-14)17-13-7-4-3-5-8-13/h3-5,7-8,12,14-15H,6,9-11H2,1-2H3. The van der Waals surface area contributed by atoms with E-state index >= 15 is 0 Å². The molecule has 0 spiro atoms. The summed E-state index contributed by atoms with van der Waals surface area (Å²) in [5.74, 6) is 1.39. The van der Waals surface area contributed by atoms with Gasteiger partial charge in [0, 0.05) is 6.42 Å². The third kappa shape index (κ3) is 4.31. The van der Waals surface area contributed by atoms with E-state index in [-0.39, 0.29) is 12.6 Å². The highest BCUT2D eigenvalue weighted by Gasteiger charge is 2.24. The fourth-order valence-corrected chi connectivity index (χ4v) is 1.92. The second-order valence-corrected chi connectivity index (χ2v) is 5.08. The Labute approximate surface area is 109 Å². The van der Waals surface area contributed by atoms with Gasteiger partial charge in [-0.15, -0.1) is 0 Å². The Morgan fingerprint density at radius 1 is 1.17 bits per heavy atom. The molecule has 0 N–H and O–H groups in total. The summed E-state index contributed by atoms with van der Waals surface area (Å²) in [4.78, 5) is 0. The van der Waals surface area contributed by atoms with Crippen LogP contribution >= 0.6 is 0 Å². The van der Waals surface area contributed by atoms with Crippen molar-refractivity contribution in [2.45, 2.75) is 45.7 Å². The molecule has 1 aromatic rings. The fourth-order valence-electron chi connectivity index (χ4n) is 1.92. The van der Waals surface area contributed by atoms with Gasteiger partial charge in [-0.05, 0) is 30.9 Å².